The van der Waals surface area contributed by atoms with Gasteiger partial charge in [-0.25, -0.2) is 8.42 Å². The second kappa shape index (κ2) is 9.15. The minimum absolute atomic E-state index is 0.325. The summed E-state index contributed by atoms with van der Waals surface area (Å²) in [6.45, 7) is 4.79. The monoisotopic (exact) mass is 314 g/mol. The third kappa shape index (κ3) is 5.74. The first-order valence-corrected chi connectivity index (χ1v) is 8.71. The Kier molecular flexibility index (Phi) is 7.88. The van der Waals surface area contributed by atoms with Crippen molar-refractivity contribution in [2.24, 2.45) is 0 Å². The van der Waals surface area contributed by atoms with Crippen LogP contribution < -0.4 is 5.32 Å². The van der Waals surface area contributed by atoms with E-state index >= 15 is 0 Å². The van der Waals surface area contributed by atoms with Crippen LogP contribution in [0.5, 0.6) is 0 Å². The van der Waals surface area contributed by atoms with Crippen molar-refractivity contribution in [1.82, 2.24) is 9.62 Å². The molecular weight excluding hydrogens is 288 g/mol. The Morgan fingerprint density at radius 3 is 2.43 bits per heavy atom. The summed E-state index contributed by atoms with van der Waals surface area (Å²) in [6.07, 6.45) is 2.02. The van der Waals surface area contributed by atoms with Crippen LogP contribution in [0.2, 0.25) is 0 Å². The predicted octanol–water partition coefficient (Wildman–Crippen LogP) is 1.50. The minimum Gasteiger partial charge on any atom is -0.383 e. The maximum absolute atomic E-state index is 12.3. The molecule has 0 aliphatic heterocycles. The Morgan fingerprint density at radius 1 is 1.19 bits per heavy atom. The number of benzene rings is 1. The summed E-state index contributed by atoms with van der Waals surface area (Å²) in [4.78, 5) is 0.325. The first-order chi connectivity index (χ1) is 10.0. The number of rotatable bonds is 10. The molecule has 1 rings (SSSR count). The quantitative estimate of drug-likeness (QED) is 0.665. The van der Waals surface area contributed by atoms with Crippen LogP contribution in [0.4, 0.5) is 0 Å². The zero-order chi connectivity index (χ0) is 15.7. The molecule has 0 saturated heterocycles. The highest BCUT2D eigenvalue weighted by molar-refractivity contribution is 7.89. The number of ether oxygens (including phenoxy) is 1. The number of nitrogens with zero attached hydrogens (tertiary/aromatic N) is 1. The molecule has 0 amide bonds. The fourth-order valence-corrected chi connectivity index (χ4v) is 3.04. The molecule has 5 nitrogen and oxygen atoms in total. The van der Waals surface area contributed by atoms with Crippen LogP contribution in [0.1, 0.15) is 18.9 Å². The summed E-state index contributed by atoms with van der Waals surface area (Å²) in [5.41, 5.74) is 1.14. The predicted molar refractivity (Wildman–Crippen MR) is 85.0 cm³/mol. The van der Waals surface area contributed by atoms with E-state index in [0.29, 0.717) is 18.0 Å². The Labute approximate surface area is 128 Å². The molecule has 21 heavy (non-hydrogen) atoms. The fraction of sp³-hybridized carbons (Fsp3) is 0.600. The second-order valence-corrected chi connectivity index (χ2v) is 7.01. The van der Waals surface area contributed by atoms with E-state index in [2.05, 4.69) is 12.2 Å². The molecule has 0 fully saturated rings. The lowest BCUT2D eigenvalue weighted by Gasteiger charge is -2.16. The van der Waals surface area contributed by atoms with Gasteiger partial charge in [-0.3, -0.25) is 0 Å². The summed E-state index contributed by atoms with van der Waals surface area (Å²) in [5, 5.41) is 3.33. The van der Waals surface area contributed by atoms with Gasteiger partial charge >= 0.3 is 0 Å². The maximum atomic E-state index is 12.3. The maximum Gasteiger partial charge on any atom is 0.242 e. The van der Waals surface area contributed by atoms with E-state index in [4.69, 9.17) is 4.74 Å². The van der Waals surface area contributed by atoms with Crippen molar-refractivity contribution in [3.63, 3.8) is 0 Å². The highest BCUT2D eigenvalue weighted by Gasteiger charge is 2.19. The van der Waals surface area contributed by atoms with E-state index in [1.54, 1.807) is 26.3 Å². The molecule has 120 valence electrons. The van der Waals surface area contributed by atoms with Crippen molar-refractivity contribution in [2.75, 3.05) is 40.4 Å². The van der Waals surface area contributed by atoms with E-state index in [0.717, 1.165) is 31.5 Å². The van der Waals surface area contributed by atoms with Crippen LogP contribution >= 0.6 is 0 Å². The number of methoxy groups -OCH3 is 1. The third-order valence-electron chi connectivity index (χ3n) is 3.26. The summed E-state index contributed by atoms with van der Waals surface area (Å²) in [5.74, 6) is 0. The van der Waals surface area contributed by atoms with Crippen LogP contribution in [0.3, 0.4) is 0 Å². The molecule has 0 aliphatic rings. The van der Waals surface area contributed by atoms with Crippen LogP contribution in [0, 0.1) is 0 Å². The average molecular weight is 314 g/mol. The highest BCUT2D eigenvalue weighted by atomic mass is 32.2. The van der Waals surface area contributed by atoms with E-state index in [1.807, 2.05) is 12.1 Å². The summed E-state index contributed by atoms with van der Waals surface area (Å²) in [6, 6.07) is 7.11. The molecule has 1 aromatic carbocycles. The fourth-order valence-electron chi connectivity index (χ4n) is 1.88. The van der Waals surface area contributed by atoms with Crippen LogP contribution in [-0.4, -0.2) is 53.1 Å². The molecule has 1 aromatic rings. The van der Waals surface area contributed by atoms with Gasteiger partial charge in [0.15, 0.2) is 0 Å². The van der Waals surface area contributed by atoms with Gasteiger partial charge in [-0.15, -0.1) is 0 Å². The van der Waals surface area contributed by atoms with Crippen molar-refractivity contribution < 1.29 is 13.2 Å². The van der Waals surface area contributed by atoms with Crippen molar-refractivity contribution >= 4 is 10.0 Å². The molecule has 0 spiro atoms. The second-order valence-electron chi connectivity index (χ2n) is 4.96. The number of hydrogen-bond acceptors (Lipinski definition) is 4. The number of sulfonamides is 1. The zero-order valence-electron chi connectivity index (χ0n) is 13.1. The molecule has 0 aromatic heterocycles. The van der Waals surface area contributed by atoms with Crippen LogP contribution in [-0.2, 0) is 21.2 Å². The van der Waals surface area contributed by atoms with Gasteiger partial charge < -0.3 is 10.1 Å². The van der Waals surface area contributed by atoms with Crippen LogP contribution in [0.15, 0.2) is 29.2 Å². The van der Waals surface area contributed by atoms with Gasteiger partial charge in [-0.1, -0.05) is 19.1 Å². The number of nitrogens with one attached hydrogen (secondary N) is 1. The van der Waals surface area contributed by atoms with Crippen molar-refractivity contribution in [3.8, 4) is 0 Å². The Hall–Kier alpha value is -0.950. The summed E-state index contributed by atoms with van der Waals surface area (Å²) in [7, 11) is -0.296. The summed E-state index contributed by atoms with van der Waals surface area (Å²) >= 11 is 0. The molecule has 6 heteroatoms. The van der Waals surface area contributed by atoms with Gasteiger partial charge in [0.1, 0.15) is 0 Å². The molecule has 0 unspecified atom stereocenters. The number of hydrogen-bond donors (Lipinski definition) is 1. The first-order valence-electron chi connectivity index (χ1n) is 7.27. The van der Waals surface area contributed by atoms with Gasteiger partial charge in [0, 0.05) is 20.7 Å². The molecule has 0 atom stereocenters. The molecule has 0 saturated carbocycles. The lowest BCUT2D eigenvalue weighted by Crippen LogP contribution is -2.30. The summed E-state index contributed by atoms with van der Waals surface area (Å²) < 4.78 is 30.8. The first kappa shape index (κ1) is 18.1. The molecule has 0 heterocycles. The normalized spacial score (nSPS) is 12.0. The molecule has 1 N–H and O–H groups in total. The molecule has 0 radical (unpaired) electrons. The smallest absolute Gasteiger partial charge is 0.242 e. The van der Waals surface area contributed by atoms with Crippen molar-refractivity contribution in [1.29, 1.82) is 0 Å². The Bertz CT molecular complexity index is 500. The third-order valence-corrected chi connectivity index (χ3v) is 5.13. The van der Waals surface area contributed by atoms with E-state index < -0.39 is 10.0 Å². The lowest BCUT2D eigenvalue weighted by molar-refractivity contribution is 0.185. The highest BCUT2D eigenvalue weighted by Crippen LogP contribution is 2.15. The van der Waals surface area contributed by atoms with Gasteiger partial charge in [-0.2, -0.15) is 4.31 Å². The largest absolute Gasteiger partial charge is 0.383 e. The minimum atomic E-state index is -3.42. The van der Waals surface area contributed by atoms with Gasteiger partial charge in [0.2, 0.25) is 10.0 Å². The van der Waals surface area contributed by atoms with E-state index in [1.165, 1.54) is 4.31 Å². The Morgan fingerprint density at radius 2 is 1.86 bits per heavy atom. The molecular formula is C15H26N2O3S. The average Bonchev–Trinajstić information content (AvgIpc) is 2.49. The van der Waals surface area contributed by atoms with E-state index in [9.17, 15) is 8.42 Å². The zero-order valence-corrected chi connectivity index (χ0v) is 13.9. The SMILES string of the molecule is CCCNCCc1ccc(S(=O)(=O)N(C)CCOC)cc1. The lowest BCUT2D eigenvalue weighted by atomic mass is 10.1. The number of likely N-dealkylation sites (N-methyl/N-ethyl adjacent to an activating group) is 1. The van der Waals surface area contributed by atoms with E-state index in [-0.39, 0.29) is 0 Å². The Balaban J connectivity index is 2.63. The van der Waals surface area contributed by atoms with Gasteiger partial charge in [0.25, 0.3) is 0 Å². The molecule has 0 aliphatic carbocycles. The molecule has 0 bridgehead atoms. The van der Waals surface area contributed by atoms with Crippen molar-refractivity contribution in [3.05, 3.63) is 29.8 Å². The van der Waals surface area contributed by atoms with Crippen molar-refractivity contribution in [2.45, 2.75) is 24.7 Å². The topological polar surface area (TPSA) is 58.6 Å². The van der Waals surface area contributed by atoms with Gasteiger partial charge in [0.05, 0.1) is 11.5 Å². The van der Waals surface area contributed by atoms with Gasteiger partial charge in [-0.05, 0) is 43.6 Å². The standard InChI is InChI=1S/C15H26N2O3S/c1-4-10-16-11-9-14-5-7-15(8-6-14)21(18,19)17(2)12-13-20-3/h5-8,16H,4,9-13H2,1-3H3. The van der Waals surface area contributed by atoms with Crippen LogP contribution in [0.25, 0.3) is 0 Å².